The number of hydrogen-bond donors (Lipinski definition) is 2. The molecule has 1 fully saturated rings. The molecule has 0 aliphatic carbocycles. The normalized spacial score (nSPS) is 17.9. The first-order valence-corrected chi connectivity index (χ1v) is 5.62. The van der Waals surface area contributed by atoms with E-state index in [0.29, 0.717) is 5.69 Å². The van der Waals surface area contributed by atoms with Gasteiger partial charge in [0.25, 0.3) is 5.91 Å². The van der Waals surface area contributed by atoms with E-state index in [2.05, 4.69) is 22.4 Å². The third-order valence-electron chi connectivity index (χ3n) is 2.82. The van der Waals surface area contributed by atoms with Crippen LogP contribution >= 0.6 is 0 Å². The molecule has 0 aromatic carbocycles. The lowest BCUT2D eigenvalue weighted by molar-refractivity contribution is 0.0658. The molecule has 92 valence electrons. The van der Waals surface area contributed by atoms with Crippen molar-refractivity contribution in [1.29, 1.82) is 0 Å². The van der Waals surface area contributed by atoms with Crippen LogP contribution in [0.5, 0.6) is 0 Å². The zero-order chi connectivity index (χ0) is 12.3. The minimum absolute atomic E-state index is 0.243. The number of pyridine rings is 1. The molecule has 3 N–H and O–H groups in total. The molecule has 1 aromatic heterocycles. The van der Waals surface area contributed by atoms with Gasteiger partial charge in [-0.2, -0.15) is 0 Å². The smallest absolute Gasteiger partial charge is 0.286 e. The van der Waals surface area contributed by atoms with Gasteiger partial charge in [-0.1, -0.05) is 0 Å². The second-order valence-electron chi connectivity index (χ2n) is 4.17. The van der Waals surface area contributed by atoms with Gasteiger partial charge < -0.3 is 10.6 Å². The molecule has 0 saturated carbocycles. The predicted octanol–water partition coefficient (Wildman–Crippen LogP) is -0.444. The van der Waals surface area contributed by atoms with E-state index < -0.39 is 0 Å². The first-order valence-electron chi connectivity index (χ1n) is 5.62. The van der Waals surface area contributed by atoms with Crippen LogP contribution in [0, 0.1) is 0 Å². The molecule has 1 saturated heterocycles. The molecule has 2 heterocycles. The summed E-state index contributed by atoms with van der Waals surface area (Å²) in [5, 5.41) is 1.90. The maximum absolute atomic E-state index is 11.9. The highest BCUT2D eigenvalue weighted by Gasteiger charge is 2.18. The molecule has 17 heavy (non-hydrogen) atoms. The number of carbonyl (C=O) groups is 1. The van der Waals surface area contributed by atoms with Crippen molar-refractivity contribution in [2.75, 3.05) is 39.0 Å². The van der Waals surface area contributed by atoms with Crippen molar-refractivity contribution in [2.45, 2.75) is 0 Å². The number of hydrazine groups is 1. The van der Waals surface area contributed by atoms with Gasteiger partial charge >= 0.3 is 0 Å². The Morgan fingerprint density at radius 2 is 2.12 bits per heavy atom. The molecule has 0 radical (unpaired) electrons. The fourth-order valence-corrected chi connectivity index (χ4v) is 1.72. The monoisotopic (exact) mass is 235 g/mol. The van der Waals surface area contributed by atoms with Gasteiger partial charge in [0.15, 0.2) is 5.69 Å². The first-order chi connectivity index (χ1) is 8.16. The van der Waals surface area contributed by atoms with E-state index in [-0.39, 0.29) is 11.6 Å². The van der Waals surface area contributed by atoms with E-state index in [1.807, 2.05) is 5.01 Å². The molecular formula is C11H17N5O. The third kappa shape index (κ3) is 2.92. The van der Waals surface area contributed by atoms with Crippen LogP contribution in [0.3, 0.4) is 0 Å². The molecule has 0 atom stereocenters. The Labute approximate surface area is 100 Å². The number of hydrogen-bond acceptors (Lipinski definition) is 5. The van der Waals surface area contributed by atoms with Gasteiger partial charge in [0, 0.05) is 32.4 Å². The second kappa shape index (κ2) is 5.11. The fraction of sp³-hybridized carbons (Fsp3) is 0.455. The Morgan fingerprint density at radius 3 is 2.76 bits per heavy atom. The molecule has 6 heteroatoms. The highest BCUT2D eigenvalue weighted by atomic mass is 16.2. The van der Waals surface area contributed by atoms with Crippen molar-refractivity contribution in [3.8, 4) is 0 Å². The number of piperazine rings is 1. The third-order valence-corrected chi connectivity index (χ3v) is 2.82. The number of aromatic nitrogens is 1. The minimum atomic E-state index is -0.243. The summed E-state index contributed by atoms with van der Waals surface area (Å²) in [7, 11) is 2.07. The Morgan fingerprint density at radius 1 is 1.41 bits per heavy atom. The largest absolute Gasteiger partial charge is 0.397 e. The molecule has 0 bridgehead atoms. The Kier molecular flexibility index (Phi) is 3.55. The summed E-state index contributed by atoms with van der Waals surface area (Å²) in [5.41, 5.74) is 9.21. The summed E-state index contributed by atoms with van der Waals surface area (Å²) in [5.74, 6) is -0.243. The van der Waals surface area contributed by atoms with Crippen molar-refractivity contribution in [3.05, 3.63) is 24.0 Å². The van der Waals surface area contributed by atoms with E-state index >= 15 is 0 Å². The first kappa shape index (κ1) is 11.8. The Balaban J connectivity index is 1.96. The zero-order valence-corrected chi connectivity index (χ0v) is 9.89. The van der Waals surface area contributed by atoms with Crippen LogP contribution in [-0.4, -0.2) is 54.0 Å². The summed E-state index contributed by atoms with van der Waals surface area (Å²) in [6, 6.07) is 3.38. The van der Waals surface area contributed by atoms with Crippen LogP contribution in [0.25, 0.3) is 0 Å². The molecule has 1 aliphatic rings. The molecular weight excluding hydrogens is 218 g/mol. The highest BCUT2D eigenvalue weighted by molar-refractivity contribution is 5.96. The van der Waals surface area contributed by atoms with Crippen LogP contribution in [0.1, 0.15) is 10.5 Å². The number of rotatable bonds is 2. The topological polar surface area (TPSA) is 74.5 Å². The average molecular weight is 235 g/mol. The van der Waals surface area contributed by atoms with Crippen LogP contribution in [0.4, 0.5) is 5.69 Å². The number of nitrogen functional groups attached to an aromatic ring is 1. The van der Waals surface area contributed by atoms with Gasteiger partial charge in [-0.05, 0) is 19.2 Å². The molecule has 0 unspecified atom stereocenters. The molecule has 6 nitrogen and oxygen atoms in total. The van der Waals surface area contributed by atoms with E-state index in [0.717, 1.165) is 26.2 Å². The number of nitrogens with zero attached hydrogens (tertiary/aromatic N) is 3. The van der Waals surface area contributed by atoms with Gasteiger partial charge in [-0.15, -0.1) is 0 Å². The van der Waals surface area contributed by atoms with Crippen molar-refractivity contribution >= 4 is 11.6 Å². The van der Waals surface area contributed by atoms with Crippen LogP contribution in [0.2, 0.25) is 0 Å². The lowest BCUT2D eigenvalue weighted by atomic mass is 10.3. The van der Waals surface area contributed by atoms with Crippen LogP contribution in [0.15, 0.2) is 18.3 Å². The standard InChI is InChI=1S/C11H17N5O/c1-15-5-7-16(8-6-15)14-11(17)10-9(12)3-2-4-13-10/h2-4H,5-8,12H2,1H3,(H,14,17). The summed E-state index contributed by atoms with van der Waals surface area (Å²) in [6.45, 7) is 3.51. The van der Waals surface area contributed by atoms with Crippen molar-refractivity contribution < 1.29 is 4.79 Å². The Hall–Kier alpha value is -1.66. The van der Waals surface area contributed by atoms with E-state index in [1.54, 1.807) is 18.3 Å². The van der Waals surface area contributed by atoms with E-state index in [1.165, 1.54) is 0 Å². The number of anilines is 1. The van der Waals surface area contributed by atoms with Crippen LogP contribution < -0.4 is 11.2 Å². The van der Waals surface area contributed by atoms with Crippen molar-refractivity contribution in [1.82, 2.24) is 20.3 Å². The summed E-state index contributed by atoms with van der Waals surface area (Å²) in [4.78, 5) is 18.1. The molecule has 1 aromatic rings. The van der Waals surface area contributed by atoms with E-state index in [4.69, 9.17) is 5.73 Å². The molecule has 2 rings (SSSR count). The second-order valence-corrected chi connectivity index (χ2v) is 4.17. The molecule has 1 amide bonds. The van der Waals surface area contributed by atoms with Gasteiger partial charge in [0.2, 0.25) is 0 Å². The number of carbonyl (C=O) groups excluding carboxylic acids is 1. The maximum atomic E-state index is 11.9. The lowest BCUT2D eigenvalue weighted by Crippen LogP contribution is -2.52. The SMILES string of the molecule is CN1CCN(NC(=O)c2ncccc2N)CC1. The summed E-state index contributed by atoms with van der Waals surface area (Å²) in [6.07, 6.45) is 1.56. The number of nitrogens with one attached hydrogen (secondary N) is 1. The van der Waals surface area contributed by atoms with Gasteiger partial charge in [-0.25, -0.2) is 9.99 Å². The highest BCUT2D eigenvalue weighted by Crippen LogP contribution is 2.07. The predicted molar refractivity (Wildman–Crippen MR) is 65.2 cm³/mol. The minimum Gasteiger partial charge on any atom is -0.397 e. The molecule has 1 aliphatic heterocycles. The Bertz CT molecular complexity index is 401. The summed E-state index contributed by atoms with van der Waals surface area (Å²) < 4.78 is 0. The average Bonchev–Trinajstić information content (AvgIpc) is 2.32. The van der Waals surface area contributed by atoms with E-state index in [9.17, 15) is 4.79 Å². The van der Waals surface area contributed by atoms with Gasteiger partial charge in [0.1, 0.15) is 0 Å². The maximum Gasteiger partial charge on any atom is 0.286 e. The lowest BCUT2D eigenvalue weighted by Gasteiger charge is -2.32. The summed E-state index contributed by atoms with van der Waals surface area (Å²) >= 11 is 0. The van der Waals surface area contributed by atoms with Crippen molar-refractivity contribution in [3.63, 3.8) is 0 Å². The van der Waals surface area contributed by atoms with Gasteiger partial charge in [0.05, 0.1) is 5.69 Å². The molecule has 0 spiro atoms. The fourth-order valence-electron chi connectivity index (χ4n) is 1.72. The van der Waals surface area contributed by atoms with Gasteiger partial charge in [-0.3, -0.25) is 10.2 Å². The van der Waals surface area contributed by atoms with Crippen molar-refractivity contribution in [2.24, 2.45) is 0 Å². The number of likely N-dealkylation sites (N-methyl/N-ethyl adjacent to an activating group) is 1. The quantitative estimate of drug-likeness (QED) is 0.726. The number of amides is 1. The zero-order valence-electron chi connectivity index (χ0n) is 9.89. The number of nitrogens with two attached hydrogens (primary N) is 1. The van der Waals surface area contributed by atoms with Crippen LogP contribution in [-0.2, 0) is 0 Å².